The Kier molecular flexibility index (Phi) is 3.56. The summed E-state index contributed by atoms with van der Waals surface area (Å²) in [5.74, 6) is 0. The maximum Gasteiger partial charge on any atom is 0.0705 e. The first-order valence-corrected chi connectivity index (χ1v) is 4.67. The summed E-state index contributed by atoms with van der Waals surface area (Å²) >= 11 is 11.7. The van der Waals surface area contributed by atoms with Crippen molar-refractivity contribution in [2.75, 3.05) is 0 Å². The number of hydrogen-bond donors (Lipinski definition) is 2. The molecule has 0 radical (unpaired) electrons. The molecule has 72 valence electrons. The lowest BCUT2D eigenvalue weighted by Gasteiger charge is -2.16. The van der Waals surface area contributed by atoms with Gasteiger partial charge in [0.25, 0.3) is 0 Å². The van der Waals surface area contributed by atoms with E-state index in [-0.39, 0.29) is 0 Å². The summed E-state index contributed by atoms with van der Waals surface area (Å²) in [7, 11) is 0. The molecule has 0 spiro atoms. The van der Waals surface area contributed by atoms with Crippen molar-refractivity contribution in [3.63, 3.8) is 0 Å². The third-order valence-corrected chi connectivity index (χ3v) is 2.69. The molecule has 0 aliphatic carbocycles. The molecule has 0 saturated heterocycles. The molecule has 4 heteroatoms. The molecule has 2 atom stereocenters. The van der Waals surface area contributed by atoms with Crippen LogP contribution in [-0.2, 0) is 0 Å². The second-order valence-corrected chi connectivity index (χ2v) is 3.69. The van der Waals surface area contributed by atoms with Gasteiger partial charge in [0.1, 0.15) is 0 Å². The van der Waals surface area contributed by atoms with Crippen molar-refractivity contribution in [1.29, 1.82) is 0 Å². The fourth-order valence-electron chi connectivity index (χ4n) is 1.04. The molecule has 0 heterocycles. The van der Waals surface area contributed by atoms with Gasteiger partial charge in [-0.15, -0.1) is 0 Å². The lowest BCUT2D eigenvalue weighted by atomic mass is 10.0. The minimum absolute atomic E-state index is 0.414. The normalized spacial score (nSPS) is 15.5. The summed E-state index contributed by atoms with van der Waals surface area (Å²) in [5.41, 5.74) is 6.38. The molecule has 1 aromatic rings. The largest absolute Gasteiger partial charge is 0.391 e. The molecule has 1 rings (SSSR count). The van der Waals surface area contributed by atoms with Gasteiger partial charge in [0, 0.05) is 0 Å². The molecule has 0 amide bonds. The number of rotatable bonds is 2. The van der Waals surface area contributed by atoms with Crippen LogP contribution in [-0.4, -0.2) is 11.2 Å². The molecule has 0 aliphatic rings. The average molecular weight is 220 g/mol. The van der Waals surface area contributed by atoms with Gasteiger partial charge in [-0.2, -0.15) is 0 Å². The van der Waals surface area contributed by atoms with Crippen molar-refractivity contribution in [3.8, 4) is 0 Å². The van der Waals surface area contributed by atoms with Gasteiger partial charge in [-0.1, -0.05) is 35.3 Å². The van der Waals surface area contributed by atoms with E-state index in [1.807, 2.05) is 0 Å². The van der Waals surface area contributed by atoms with Gasteiger partial charge in [-0.25, -0.2) is 0 Å². The Balaban J connectivity index is 3.07. The van der Waals surface area contributed by atoms with E-state index in [1.165, 1.54) is 0 Å². The number of aliphatic hydroxyl groups excluding tert-OH is 1. The molecule has 0 saturated carbocycles. The van der Waals surface area contributed by atoms with Gasteiger partial charge in [0.2, 0.25) is 0 Å². The second kappa shape index (κ2) is 4.29. The highest BCUT2D eigenvalue weighted by Crippen LogP contribution is 2.29. The number of halogens is 2. The van der Waals surface area contributed by atoms with Crippen LogP contribution in [0.15, 0.2) is 18.2 Å². The molecule has 1 aromatic carbocycles. The first-order valence-electron chi connectivity index (χ1n) is 3.91. The van der Waals surface area contributed by atoms with E-state index in [1.54, 1.807) is 25.1 Å². The van der Waals surface area contributed by atoms with Crippen LogP contribution < -0.4 is 5.73 Å². The van der Waals surface area contributed by atoms with E-state index in [4.69, 9.17) is 28.9 Å². The van der Waals surface area contributed by atoms with E-state index in [9.17, 15) is 5.11 Å². The molecule has 0 aliphatic heterocycles. The van der Waals surface area contributed by atoms with Crippen LogP contribution in [0.1, 0.15) is 18.5 Å². The Morgan fingerprint density at radius 1 is 1.38 bits per heavy atom. The summed E-state index contributed by atoms with van der Waals surface area (Å²) in [4.78, 5) is 0. The van der Waals surface area contributed by atoms with Crippen molar-refractivity contribution in [2.24, 2.45) is 5.73 Å². The van der Waals surface area contributed by atoms with Gasteiger partial charge < -0.3 is 10.8 Å². The predicted octanol–water partition coefficient (Wildman–Crippen LogP) is 2.37. The summed E-state index contributed by atoms with van der Waals surface area (Å²) in [6.07, 6.45) is -0.643. The molecule has 13 heavy (non-hydrogen) atoms. The number of aliphatic hydroxyl groups is 1. The third-order valence-electron chi connectivity index (χ3n) is 1.86. The Labute approximate surface area is 87.3 Å². The zero-order valence-electron chi connectivity index (χ0n) is 7.17. The van der Waals surface area contributed by atoms with Gasteiger partial charge in [-0.05, 0) is 18.6 Å². The average Bonchev–Trinajstić information content (AvgIpc) is 2.08. The van der Waals surface area contributed by atoms with Crippen LogP contribution in [0.4, 0.5) is 0 Å². The SMILES string of the molecule is C[C@@H](O)[C@@H](N)c1cccc(Cl)c1Cl. The van der Waals surface area contributed by atoms with Crippen LogP contribution in [0, 0.1) is 0 Å². The zero-order valence-corrected chi connectivity index (χ0v) is 8.68. The summed E-state index contributed by atoms with van der Waals surface area (Å²) in [5, 5.41) is 10.1. The molecule has 2 nitrogen and oxygen atoms in total. The maximum atomic E-state index is 9.26. The van der Waals surface area contributed by atoms with Crippen molar-refractivity contribution in [3.05, 3.63) is 33.8 Å². The minimum atomic E-state index is -0.643. The molecular formula is C9H11Cl2NO. The monoisotopic (exact) mass is 219 g/mol. The number of nitrogens with two attached hydrogens (primary N) is 1. The smallest absolute Gasteiger partial charge is 0.0705 e. The third kappa shape index (κ3) is 2.35. The standard InChI is InChI=1S/C9H11Cl2NO/c1-5(13)9(12)6-3-2-4-7(10)8(6)11/h2-5,9,13H,12H2,1H3/t5-,9-/m1/s1. The van der Waals surface area contributed by atoms with E-state index < -0.39 is 12.1 Å². The van der Waals surface area contributed by atoms with E-state index in [2.05, 4.69) is 0 Å². The summed E-state index contributed by atoms with van der Waals surface area (Å²) in [6, 6.07) is 4.70. The van der Waals surface area contributed by atoms with Crippen molar-refractivity contribution in [2.45, 2.75) is 19.1 Å². The van der Waals surface area contributed by atoms with Crippen molar-refractivity contribution in [1.82, 2.24) is 0 Å². The molecule has 0 bridgehead atoms. The maximum absolute atomic E-state index is 9.26. The molecular weight excluding hydrogens is 209 g/mol. The molecule has 0 aromatic heterocycles. The number of benzene rings is 1. The molecule has 0 fully saturated rings. The van der Waals surface area contributed by atoms with Gasteiger partial charge >= 0.3 is 0 Å². The van der Waals surface area contributed by atoms with E-state index in [0.29, 0.717) is 15.6 Å². The first-order chi connectivity index (χ1) is 6.04. The predicted molar refractivity (Wildman–Crippen MR) is 55.1 cm³/mol. The lowest BCUT2D eigenvalue weighted by Crippen LogP contribution is -2.23. The van der Waals surface area contributed by atoms with Gasteiger partial charge in [0.15, 0.2) is 0 Å². The Hall–Kier alpha value is -0.280. The van der Waals surface area contributed by atoms with Crippen molar-refractivity contribution >= 4 is 23.2 Å². The lowest BCUT2D eigenvalue weighted by molar-refractivity contribution is 0.164. The highest BCUT2D eigenvalue weighted by Gasteiger charge is 2.16. The summed E-state index contributed by atoms with van der Waals surface area (Å²) in [6.45, 7) is 1.61. The topological polar surface area (TPSA) is 46.2 Å². The first kappa shape index (κ1) is 10.8. The second-order valence-electron chi connectivity index (χ2n) is 2.91. The van der Waals surface area contributed by atoms with Crippen molar-refractivity contribution < 1.29 is 5.11 Å². The fourth-order valence-corrected chi connectivity index (χ4v) is 1.47. The van der Waals surface area contributed by atoms with Crippen LogP contribution in [0.5, 0.6) is 0 Å². The minimum Gasteiger partial charge on any atom is -0.391 e. The number of hydrogen-bond acceptors (Lipinski definition) is 2. The highest BCUT2D eigenvalue weighted by atomic mass is 35.5. The highest BCUT2D eigenvalue weighted by molar-refractivity contribution is 6.42. The molecule has 0 unspecified atom stereocenters. The quantitative estimate of drug-likeness (QED) is 0.803. The fraction of sp³-hybridized carbons (Fsp3) is 0.333. The van der Waals surface area contributed by atoms with Crippen LogP contribution in [0.25, 0.3) is 0 Å². The van der Waals surface area contributed by atoms with Crippen LogP contribution >= 0.6 is 23.2 Å². The van der Waals surface area contributed by atoms with Gasteiger partial charge in [-0.3, -0.25) is 0 Å². The van der Waals surface area contributed by atoms with Crippen LogP contribution in [0.3, 0.4) is 0 Å². The molecule has 3 N–H and O–H groups in total. The Morgan fingerprint density at radius 2 is 2.00 bits per heavy atom. The van der Waals surface area contributed by atoms with Gasteiger partial charge in [0.05, 0.1) is 22.2 Å². The van der Waals surface area contributed by atoms with E-state index >= 15 is 0 Å². The van der Waals surface area contributed by atoms with E-state index in [0.717, 1.165) is 0 Å². The Morgan fingerprint density at radius 3 is 2.54 bits per heavy atom. The zero-order chi connectivity index (χ0) is 10.0. The summed E-state index contributed by atoms with van der Waals surface area (Å²) < 4.78 is 0. The van der Waals surface area contributed by atoms with Crippen LogP contribution in [0.2, 0.25) is 10.0 Å². The Bertz CT molecular complexity index is 302.